The van der Waals surface area contributed by atoms with Gasteiger partial charge in [0.15, 0.2) is 0 Å². The van der Waals surface area contributed by atoms with Crippen LogP contribution in [0.15, 0.2) is 0 Å². The predicted molar refractivity (Wildman–Crippen MR) is 39.9 cm³/mol. The second-order valence-corrected chi connectivity index (χ2v) is 4.90. The van der Waals surface area contributed by atoms with Gasteiger partial charge in [-0.1, -0.05) is 0 Å². The van der Waals surface area contributed by atoms with Crippen LogP contribution in [0.2, 0.25) is 0 Å². The Kier molecular flexibility index (Phi) is 11.6. The molecule has 0 saturated heterocycles. The summed E-state index contributed by atoms with van der Waals surface area (Å²) in [6.45, 7) is 0. The third-order valence-corrected chi connectivity index (χ3v) is 0. The summed E-state index contributed by atoms with van der Waals surface area (Å²) < 4.78 is 53.3. The first-order valence-electron chi connectivity index (χ1n) is 1.33. The van der Waals surface area contributed by atoms with E-state index < -0.39 is 18.1 Å². The summed E-state index contributed by atoms with van der Waals surface area (Å²) in [5, 5.41) is 0. The van der Waals surface area contributed by atoms with Crippen LogP contribution >= 0.6 is 0 Å². The number of hydrogen-bond donors (Lipinski definition) is 0. The Bertz CT molecular complexity index is 211. The first kappa shape index (κ1) is 18.3. The molecular formula is O6PbS4-4. The van der Waals surface area contributed by atoms with Crippen molar-refractivity contribution in [3.8, 4) is 0 Å². The molecule has 0 rings (SSSR count). The van der Waals surface area contributed by atoms with Gasteiger partial charge in [0.2, 0.25) is 0 Å². The minimum atomic E-state index is -4.33. The van der Waals surface area contributed by atoms with Crippen molar-refractivity contribution in [3.05, 3.63) is 0 Å². The van der Waals surface area contributed by atoms with Gasteiger partial charge < -0.3 is 18.2 Å². The van der Waals surface area contributed by atoms with Crippen LogP contribution in [0.5, 0.6) is 0 Å². The van der Waals surface area contributed by atoms with Crippen molar-refractivity contribution < 1.29 is 26.6 Å². The third kappa shape index (κ3) is 460. The first-order valence-corrected chi connectivity index (χ1v) is 6.00. The quantitative estimate of drug-likeness (QED) is 0.389. The van der Waals surface area contributed by atoms with Crippen molar-refractivity contribution in [2.75, 3.05) is 0 Å². The van der Waals surface area contributed by atoms with E-state index in [1.807, 2.05) is 0 Å². The van der Waals surface area contributed by atoms with Crippen molar-refractivity contribution in [1.82, 2.24) is 0 Å². The molecule has 4 radical (unpaired) electrons. The number of rotatable bonds is 0. The second-order valence-electron chi connectivity index (χ2n) is 0.816. The minimum absolute atomic E-state index is 0. The van der Waals surface area contributed by atoms with Crippen LogP contribution in [0.1, 0.15) is 0 Å². The molecule has 0 aliphatic rings. The van der Waals surface area contributed by atoms with Gasteiger partial charge in [-0.3, -0.25) is 8.42 Å². The molecule has 0 atom stereocenters. The van der Waals surface area contributed by atoms with E-state index >= 15 is 0 Å². The molecule has 0 aliphatic carbocycles. The maximum atomic E-state index is 8.89. The Labute approximate surface area is 93.6 Å². The van der Waals surface area contributed by atoms with Gasteiger partial charge in [0.25, 0.3) is 0 Å². The van der Waals surface area contributed by atoms with E-state index in [1.54, 1.807) is 0 Å². The molecule has 0 aromatic heterocycles. The molecule has 68 valence electrons. The largest absolute Gasteiger partial charge is 0.780 e. The summed E-state index contributed by atoms with van der Waals surface area (Å²) >= 11 is 6.49. The average Bonchev–Trinajstić information content (AvgIpc) is 1.12. The fourth-order valence-corrected chi connectivity index (χ4v) is 0. The van der Waals surface area contributed by atoms with Crippen molar-refractivity contribution in [1.29, 1.82) is 0 Å². The van der Waals surface area contributed by atoms with Gasteiger partial charge in [-0.2, -0.15) is 0 Å². The fraction of sp³-hybridized carbons (Fsp3) is 0. The van der Waals surface area contributed by atoms with E-state index in [4.69, 9.17) is 26.6 Å². The smallest absolute Gasteiger partial charge is 0 e. The van der Waals surface area contributed by atoms with Gasteiger partial charge in [-0.15, -0.1) is 18.1 Å². The monoisotopic (exact) mass is 432 g/mol. The van der Waals surface area contributed by atoms with Crippen molar-refractivity contribution >= 4 is 67.8 Å². The Morgan fingerprint density at radius 2 is 0.818 bits per heavy atom. The van der Waals surface area contributed by atoms with E-state index in [0.29, 0.717) is 0 Å². The molecule has 0 spiro atoms. The van der Waals surface area contributed by atoms with E-state index in [9.17, 15) is 0 Å². The normalized spacial score (nSPS) is 10.5. The summed E-state index contributed by atoms with van der Waals surface area (Å²) in [5.41, 5.74) is 0. The molecule has 0 fully saturated rings. The molecule has 0 N–H and O–H groups in total. The molecule has 11 heteroatoms. The van der Waals surface area contributed by atoms with Crippen LogP contribution in [0.3, 0.4) is 0 Å². The van der Waals surface area contributed by atoms with Gasteiger partial charge in [-0.05, 0) is 22.4 Å². The Hall–Kier alpha value is 1.50. The molecule has 0 amide bonds. The van der Waals surface area contributed by atoms with Gasteiger partial charge in [-0.25, -0.2) is 0 Å². The van der Waals surface area contributed by atoms with Crippen LogP contribution in [0, 0.1) is 0 Å². The summed E-state index contributed by atoms with van der Waals surface area (Å²) in [6, 6.07) is 0. The van der Waals surface area contributed by atoms with E-state index in [-0.39, 0.29) is 27.3 Å². The van der Waals surface area contributed by atoms with Crippen molar-refractivity contribution in [2.24, 2.45) is 0 Å². The first-order chi connectivity index (χ1) is 4.00. The van der Waals surface area contributed by atoms with E-state index in [2.05, 4.69) is 22.4 Å². The predicted octanol–water partition coefficient (Wildman–Crippen LogP) is -2.39. The summed E-state index contributed by atoms with van der Waals surface area (Å²) in [6.07, 6.45) is 0. The standard InChI is InChI=1S/2H2O3S2.Pb/c2*1-5(2,3)4;/h2*(H2,1,2,3,4);/p-4. The molecule has 0 saturated carbocycles. The zero-order valence-electron chi connectivity index (χ0n) is 4.58. The van der Waals surface area contributed by atoms with Gasteiger partial charge in [0.05, 0.1) is 0 Å². The Balaban J connectivity index is -0.000000107. The topological polar surface area (TPSA) is 126 Å². The molecule has 0 bridgehead atoms. The second kappa shape index (κ2) is 6.96. The van der Waals surface area contributed by atoms with Crippen LogP contribution in [-0.4, -0.2) is 53.9 Å². The SMILES string of the molecule is O=S([O-])([O-])=S.O=S([O-])([O-])=S.[Pb]. The number of hydrogen-bond acceptors (Lipinski definition) is 8. The molecule has 0 aromatic carbocycles. The molecule has 0 aromatic rings. The molecule has 0 heterocycles. The Morgan fingerprint density at radius 1 is 0.818 bits per heavy atom. The fourth-order valence-electron chi connectivity index (χ4n) is 0. The molecule has 0 aliphatic heterocycles. The minimum Gasteiger partial charge on any atom is -0.780 e. The van der Waals surface area contributed by atoms with Crippen molar-refractivity contribution in [3.63, 3.8) is 0 Å². The van der Waals surface area contributed by atoms with Crippen LogP contribution in [0.4, 0.5) is 0 Å². The summed E-state index contributed by atoms with van der Waals surface area (Å²) in [5.74, 6) is 0. The molecular weight excluding hydrogens is 431 g/mol. The van der Waals surface area contributed by atoms with E-state index in [0.717, 1.165) is 0 Å². The van der Waals surface area contributed by atoms with Gasteiger partial charge in [0, 0.05) is 27.3 Å². The zero-order valence-corrected chi connectivity index (χ0v) is 11.7. The average molecular weight is 431 g/mol. The van der Waals surface area contributed by atoms with Gasteiger partial charge >= 0.3 is 0 Å². The zero-order chi connectivity index (χ0) is 9.00. The van der Waals surface area contributed by atoms with Crippen LogP contribution in [0.25, 0.3) is 0 Å². The maximum Gasteiger partial charge on any atom is 0 e. The molecule has 0 unspecified atom stereocenters. The van der Waals surface area contributed by atoms with Crippen molar-refractivity contribution in [2.45, 2.75) is 0 Å². The van der Waals surface area contributed by atoms with Crippen LogP contribution in [-0.2, 0) is 40.5 Å². The third-order valence-electron chi connectivity index (χ3n) is 0. The maximum absolute atomic E-state index is 8.89. The van der Waals surface area contributed by atoms with Crippen LogP contribution < -0.4 is 0 Å². The molecule has 6 nitrogen and oxygen atoms in total. The Morgan fingerprint density at radius 3 is 0.818 bits per heavy atom. The molecule has 11 heavy (non-hydrogen) atoms. The summed E-state index contributed by atoms with van der Waals surface area (Å²) in [4.78, 5) is 0. The van der Waals surface area contributed by atoms with E-state index in [1.165, 1.54) is 0 Å². The summed E-state index contributed by atoms with van der Waals surface area (Å²) in [7, 11) is -8.67. The van der Waals surface area contributed by atoms with Gasteiger partial charge in [0.1, 0.15) is 0 Å².